The number of nitrogens with zero attached hydrogens (tertiary/aromatic N) is 1. The fourth-order valence-electron chi connectivity index (χ4n) is 1.92. The van der Waals surface area contributed by atoms with Gasteiger partial charge in [-0.25, -0.2) is 0 Å². The fourth-order valence-corrected chi connectivity index (χ4v) is 2.82. The third-order valence-electron chi connectivity index (χ3n) is 3.25. The number of pyridine rings is 1. The second-order valence-electron chi connectivity index (χ2n) is 4.91. The van der Waals surface area contributed by atoms with Gasteiger partial charge in [0, 0.05) is 28.5 Å². The SMILES string of the molecule is CCC(C)SCC(O)Cc1ccc2ccccc2n1. The topological polar surface area (TPSA) is 33.1 Å². The second-order valence-corrected chi connectivity index (χ2v) is 6.38. The number of aromatic nitrogens is 1. The first-order chi connectivity index (χ1) is 9.19. The van der Waals surface area contributed by atoms with E-state index in [1.165, 1.54) is 0 Å². The summed E-state index contributed by atoms with van der Waals surface area (Å²) < 4.78 is 0. The quantitative estimate of drug-likeness (QED) is 0.873. The average molecular weight is 275 g/mol. The Morgan fingerprint density at radius 2 is 2.00 bits per heavy atom. The normalized spacial score (nSPS) is 14.5. The van der Waals surface area contributed by atoms with Crippen molar-refractivity contribution in [2.45, 2.75) is 38.0 Å². The molecule has 2 nitrogen and oxygen atoms in total. The Labute approximate surface area is 119 Å². The number of para-hydroxylation sites is 1. The van der Waals surface area contributed by atoms with E-state index in [9.17, 15) is 5.11 Å². The number of aliphatic hydroxyl groups excluding tert-OH is 1. The predicted octanol–water partition coefficient (Wildman–Crippen LogP) is 3.67. The molecule has 0 aliphatic heterocycles. The number of rotatable bonds is 6. The molecular weight excluding hydrogens is 254 g/mol. The minimum absolute atomic E-state index is 0.312. The number of fused-ring (bicyclic) bond motifs is 1. The smallest absolute Gasteiger partial charge is 0.0705 e. The molecular formula is C16H21NOS. The van der Waals surface area contributed by atoms with E-state index in [2.05, 4.69) is 31.0 Å². The first-order valence-corrected chi connectivity index (χ1v) is 7.88. The summed E-state index contributed by atoms with van der Waals surface area (Å²) in [7, 11) is 0. The van der Waals surface area contributed by atoms with Gasteiger partial charge < -0.3 is 5.11 Å². The van der Waals surface area contributed by atoms with E-state index in [1.54, 1.807) is 0 Å². The molecule has 0 amide bonds. The molecule has 0 radical (unpaired) electrons. The van der Waals surface area contributed by atoms with E-state index >= 15 is 0 Å². The van der Waals surface area contributed by atoms with Crippen LogP contribution in [0, 0.1) is 0 Å². The van der Waals surface area contributed by atoms with Crippen LogP contribution < -0.4 is 0 Å². The van der Waals surface area contributed by atoms with Crippen molar-refractivity contribution in [2.24, 2.45) is 0 Å². The van der Waals surface area contributed by atoms with E-state index in [-0.39, 0.29) is 6.10 Å². The average Bonchev–Trinajstić information content (AvgIpc) is 2.44. The van der Waals surface area contributed by atoms with Gasteiger partial charge in [0.05, 0.1) is 11.6 Å². The van der Waals surface area contributed by atoms with Crippen LogP contribution in [0.1, 0.15) is 26.0 Å². The third kappa shape index (κ3) is 4.22. The van der Waals surface area contributed by atoms with Crippen molar-refractivity contribution in [3.63, 3.8) is 0 Å². The van der Waals surface area contributed by atoms with Gasteiger partial charge in [0.1, 0.15) is 0 Å². The number of hydrogen-bond acceptors (Lipinski definition) is 3. The maximum Gasteiger partial charge on any atom is 0.0705 e. The molecule has 1 aromatic carbocycles. The highest BCUT2D eigenvalue weighted by atomic mass is 32.2. The van der Waals surface area contributed by atoms with Crippen LogP contribution in [0.25, 0.3) is 10.9 Å². The summed E-state index contributed by atoms with van der Waals surface area (Å²) in [6.07, 6.45) is 1.47. The van der Waals surface area contributed by atoms with Crippen LogP contribution in [0.3, 0.4) is 0 Å². The molecule has 1 aromatic heterocycles. The first-order valence-electron chi connectivity index (χ1n) is 6.83. The molecule has 0 aliphatic rings. The van der Waals surface area contributed by atoms with Gasteiger partial charge >= 0.3 is 0 Å². The lowest BCUT2D eigenvalue weighted by molar-refractivity contribution is 0.199. The molecule has 2 aromatic rings. The lowest BCUT2D eigenvalue weighted by Gasteiger charge is -2.13. The molecule has 2 atom stereocenters. The van der Waals surface area contributed by atoms with Crippen molar-refractivity contribution in [1.29, 1.82) is 0 Å². The summed E-state index contributed by atoms with van der Waals surface area (Å²) in [6, 6.07) is 12.2. The van der Waals surface area contributed by atoms with Gasteiger partial charge in [-0.3, -0.25) is 4.98 Å². The number of aliphatic hydroxyl groups is 1. The summed E-state index contributed by atoms with van der Waals surface area (Å²) in [6.45, 7) is 4.38. The molecule has 0 aliphatic carbocycles. The molecule has 0 saturated heterocycles. The van der Waals surface area contributed by atoms with Crippen LogP contribution in [0.2, 0.25) is 0 Å². The van der Waals surface area contributed by atoms with Gasteiger partial charge in [-0.15, -0.1) is 0 Å². The molecule has 0 spiro atoms. The van der Waals surface area contributed by atoms with Gasteiger partial charge in [0.2, 0.25) is 0 Å². The lowest BCUT2D eigenvalue weighted by Crippen LogP contribution is -2.16. The molecule has 2 unspecified atom stereocenters. The number of thioether (sulfide) groups is 1. The van der Waals surface area contributed by atoms with Crippen LogP contribution in [0.5, 0.6) is 0 Å². The van der Waals surface area contributed by atoms with E-state index < -0.39 is 0 Å². The monoisotopic (exact) mass is 275 g/mol. The Morgan fingerprint density at radius 3 is 2.79 bits per heavy atom. The van der Waals surface area contributed by atoms with E-state index in [0.29, 0.717) is 11.7 Å². The van der Waals surface area contributed by atoms with E-state index in [4.69, 9.17) is 0 Å². The maximum atomic E-state index is 10.1. The number of benzene rings is 1. The molecule has 19 heavy (non-hydrogen) atoms. The molecule has 3 heteroatoms. The fraction of sp³-hybridized carbons (Fsp3) is 0.438. The lowest BCUT2D eigenvalue weighted by atomic mass is 10.1. The van der Waals surface area contributed by atoms with Crippen LogP contribution >= 0.6 is 11.8 Å². The Bertz CT molecular complexity index is 529. The third-order valence-corrected chi connectivity index (χ3v) is 4.73. The van der Waals surface area contributed by atoms with Crippen molar-refractivity contribution >= 4 is 22.7 Å². The zero-order valence-corrected chi connectivity index (χ0v) is 12.4. The summed E-state index contributed by atoms with van der Waals surface area (Å²) in [5, 5.41) is 11.8. The van der Waals surface area contributed by atoms with Gasteiger partial charge in [-0.2, -0.15) is 11.8 Å². The van der Waals surface area contributed by atoms with E-state index in [1.807, 2.05) is 36.0 Å². The molecule has 2 rings (SSSR count). The Hall–Kier alpha value is -1.06. The van der Waals surface area contributed by atoms with Crippen LogP contribution in [-0.2, 0) is 6.42 Å². The van der Waals surface area contributed by atoms with Crippen LogP contribution in [-0.4, -0.2) is 27.2 Å². The highest BCUT2D eigenvalue weighted by Crippen LogP contribution is 2.17. The van der Waals surface area contributed by atoms with Crippen molar-refractivity contribution < 1.29 is 5.11 Å². The second kappa shape index (κ2) is 6.92. The number of hydrogen-bond donors (Lipinski definition) is 1. The Morgan fingerprint density at radius 1 is 1.21 bits per heavy atom. The highest BCUT2D eigenvalue weighted by molar-refractivity contribution is 7.99. The summed E-state index contributed by atoms with van der Waals surface area (Å²) >= 11 is 1.83. The van der Waals surface area contributed by atoms with Crippen LogP contribution in [0.4, 0.5) is 0 Å². The first kappa shape index (κ1) is 14.4. The Balaban J connectivity index is 1.96. The summed E-state index contributed by atoms with van der Waals surface area (Å²) in [5.41, 5.74) is 1.97. The zero-order chi connectivity index (χ0) is 13.7. The van der Waals surface area contributed by atoms with Gasteiger partial charge in [-0.1, -0.05) is 38.1 Å². The molecule has 0 fully saturated rings. The molecule has 102 valence electrons. The molecule has 0 bridgehead atoms. The molecule has 0 saturated carbocycles. The van der Waals surface area contributed by atoms with Crippen molar-refractivity contribution in [2.75, 3.05) is 5.75 Å². The molecule has 1 N–H and O–H groups in total. The Kier molecular flexibility index (Phi) is 5.23. The summed E-state index contributed by atoms with van der Waals surface area (Å²) in [5.74, 6) is 0.781. The zero-order valence-electron chi connectivity index (χ0n) is 11.5. The molecule has 1 heterocycles. The van der Waals surface area contributed by atoms with Crippen molar-refractivity contribution in [3.05, 3.63) is 42.1 Å². The van der Waals surface area contributed by atoms with Gasteiger partial charge in [0.25, 0.3) is 0 Å². The minimum atomic E-state index is -0.312. The highest BCUT2D eigenvalue weighted by Gasteiger charge is 2.09. The van der Waals surface area contributed by atoms with Crippen molar-refractivity contribution in [1.82, 2.24) is 4.98 Å². The predicted molar refractivity (Wildman–Crippen MR) is 83.7 cm³/mol. The minimum Gasteiger partial charge on any atom is -0.392 e. The standard InChI is InChI=1S/C16H21NOS/c1-3-12(2)19-11-15(18)10-14-9-8-13-6-4-5-7-16(13)17-14/h4-9,12,15,18H,3,10-11H2,1-2H3. The van der Waals surface area contributed by atoms with Gasteiger partial charge in [-0.05, 0) is 18.6 Å². The maximum absolute atomic E-state index is 10.1. The van der Waals surface area contributed by atoms with Crippen LogP contribution in [0.15, 0.2) is 36.4 Å². The summed E-state index contributed by atoms with van der Waals surface area (Å²) in [4.78, 5) is 4.59. The van der Waals surface area contributed by atoms with Gasteiger partial charge in [0.15, 0.2) is 0 Å². The largest absolute Gasteiger partial charge is 0.392 e. The van der Waals surface area contributed by atoms with Crippen molar-refractivity contribution in [3.8, 4) is 0 Å². The van der Waals surface area contributed by atoms with E-state index in [0.717, 1.165) is 28.8 Å².